The van der Waals surface area contributed by atoms with Crippen LogP contribution in [-0.2, 0) is 13.0 Å². The summed E-state index contributed by atoms with van der Waals surface area (Å²) in [7, 11) is 2.13. The number of aryl methyl sites for hydroxylation is 1. The molecule has 3 N–H and O–H groups in total. The molecule has 0 spiro atoms. The van der Waals surface area contributed by atoms with Crippen molar-refractivity contribution < 1.29 is 9.53 Å². The topological polar surface area (TPSA) is 103 Å². The van der Waals surface area contributed by atoms with Crippen LogP contribution in [0.4, 0.5) is 5.69 Å². The number of nitrogens with one attached hydrogen (secondary N) is 1. The van der Waals surface area contributed by atoms with Crippen molar-refractivity contribution in [2.45, 2.75) is 45.7 Å². The van der Waals surface area contributed by atoms with Gasteiger partial charge >= 0.3 is 0 Å². The van der Waals surface area contributed by atoms with Gasteiger partial charge in [0.2, 0.25) is 0 Å². The van der Waals surface area contributed by atoms with Gasteiger partial charge in [-0.15, -0.1) is 0 Å². The number of amides is 1. The number of rotatable bonds is 10. The lowest BCUT2D eigenvalue weighted by molar-refractivity contribution is 0.102. The summed E-state index contributed by atoms with van der Waals surface area (Å²) in [4.78, 5) is 20.2. The number of fused-ring (bicyclic) bond motifs is 2. The summed E-state index contributed by atoms with van der Waals surface area (Å²) in [6.45, 7) is 10.3. The second-order valence-corrected chi connectivity index (χ2v) is 10.4. The normalized spacial score (nSPS) is 16.4. The smallest absolute Gasteiger partial charge is 0.274 e. The van der Waals surface area contributed by atoms with Crippen LogP contribution in [0.25, 0.3) is 16.6 Å². The molecule has 0 saturated carbocycles. The molecule has 1 aliphatic heterocycles. The zero-order chi connectivity index (χ0) is 28.2. The molecule has 1 aliphatic rings. The predicted molar refractivity (Wildman–Crippen MR) is 160 cm³/mol. The third kappa shape index (κ3) is 5.79. The van der Waals surface area contributed by atoms with Crippen LogP contribution in [0.15, 0.2) is 78.8 Å². The SMILES string of the molecule is C=C(/C=C\C=C(\C)N)Cn1nc(CC)c2c(NC(=O)c3cnc4cc(OC[C@@H]5CCCN5C)ccn34)cccc21. The highest BCUT2D eigenvalue weighted by atomic mass is 16.5. The maximum Gasteiger partial charge on any atom is 0.274 e. The van der Waals surface area contributed by atoms with E-state index in [1.807, 2.05) is 66.4 Å². The Hall–Kier alpha value is -4.37. The van der Waals surface area contributed by atoms with Crippen LogP contribution >= 0.6 is 0 Å². The van der Waals surface area contributed by atoms with Gasteiger partial charge in [-0.2, -0.15) is 5.10 Å². The molecule has 1 fully saturated rings. The molecule has 1 atom stereocenters. The van der Waals surface area contributed by atoms with Gasteiger partial charge in [0.1, 0.15) is 23.7 Å². The maximum absolute atomic E-state index is 13.4. The number of allylic oxidation sites excluding steroid dienone is 5. The molecule has 1 amide bonds. The van der Waals surface area contributed by atoms with Gasteiger partial charge < -0.3 is 20.7 Å². The quantitative estimate of drug-likeness (QED) is 0.277. The van der Waals surface area contributed by atoms with Gasteiger partial charge in [0.25, 0.3) is 5.91 Å². The molecule has 1 saturated heterocycles. The molecule has 0 unspecified atom stereocenters. The lowest BCUT2D eigenvalue weighted by Gasteiger charge is -2.19. The fraction of sp³-hybridized carbons (Fsp3) is 0.323. The Labute approximate surface area is 234 Å². The van der Waals surface area contributed by atoms with Gasteiger partial charge in [-0.25, -0.2) is 4.98 Å². The zero-order valence-electron chi connectivity index (χ0n) is 23.4. The number of aromatic nitrogens is 4. The van der Waals surface area contributed by atoms with Crippen molar-refractivity contribution in [3.63, 3.8) is 0 Å². The van der Waals surface area contributed by atoms with Crippen molar-refractivity contribution in [2.75, 3.05) is 25.5 Å². The van der Waals surface area contributed by atoms with Crippen LogP contribution in [0, 0.1) is 0 Å². The van der Waals surface area contributed by atoms with E-state index in [0.29, 0.717) is 36.2 Å². The number of carbonyl (C=O) groups is 1. The Bertz CT molecular complexity index is 1610. The molecule has 1 aromatic carbocycles. The first-order valence-corrected chi connectivity index (χ1v) is 13.7. The Morgan fingerprint density at radius 2 is 2.17 bits per heavy atom. The van der Waals surface area contributed by atoms with E-state index >= 15 is 0 Å². The van der Waals surface area contributed by atoms with Crippen LogP contribution < -0.4 is 15.8 Å². The standard InChI is InChI=1S/C31H37N7O2/c1-5-25-30-26(12-7-13-27(30)38(35-25)19-21(2)9-6-10-22(3)32)34-31(39)28-18-33-29-17-24(14-16-37(28)29)40-20-23-11-8-15-36(23)4/h6-7,9-10,12-14,16-18,23H,2,5,8,11,15,19-20,32H2,1,3-4H3,(H,34,39)/b9-6-,22-10-/t23-/m0/s1. The number of hydrogen-bond donors (Lipinski definition) is 2. The maximum atomic E-state index is 13.4. The molecule has 0 aliphatic carbocycles. The summed E-state index contributed by atoms with van der Waals surface area (Å²) < 4.78 is 9.75. The third-order valence-electron chi connectivity index (χ3n) is 7.31. The molecule has 3 aromatic heterocycles. The number of carbonyl (C=O) groups excluding carboxylic acids is 1. The number of likely N-dealkylation sites (tertiary alicyclic amines) is 1. The number of nitrogens with two attached hydrogens (primary N) is 1. The van der Waals surface area contributed by atoms with Crippen molar-refractivity contribution in [3.05, 3.63) is 90.2 Å². The molecule has 40 heavy (non-hydrogen) atoms. The minimum Gasteiger partial charge on any atom is -0.492 e. The van der Waals surface area contributed by atoms with Gasteiger partial charge in [-0.05, 0) is 69.6 Å². The fourth-order valence-electron chi connectivity index (χ4n) is 5.15. The van der Waals surface area contributed by atoms with Crippen molar-refractivity contribution in [1.82, 2.24) is 24.1 Å². The first-order chi connectivity index (χ1) is 19.3. The van der Waals surface area contributed by atoms with E-state index in [0.717, 1.165) is 53.0 Å². The van der Waals surface area contributed by atoms with Crippen LogP contribution in [-0.4, -0.2) is 56.2 Å². The van der Waals surface area contributed by atoms with Gasteiger partial charge in [-0.1, -0.05) is 31.7 Å². The Morgan fingerprint density at radius 1 is 1.32 bits per heavy atom. The van der Waals surface area contributed by atoms with Crippen molar-refractivity contribution in [2.24, 2.45) is 5.73 Å². The van der Waals surface area contributed by atoms with Crippen molar-refractivity contribution in [3.8, 4) is 5.75 Å². The van der Waals surface area contributed by atoms with E-state index in [4.69, 9.17) is 15.6 Å². The van der Waals surface area contributed by atoms with Gasteiger partial charge in [-0.3, -0.25) is 13.9 Å². The summed E-state index contributed by atoms with van der Waals surface area (Å²) in [6.07, 6.45) is 12.2. The second kappa shape index (κ2) is 11.8. The van der Waals surface area contributed by atoms with E-state index in [2.05, 4.69) is 35.8 Å². The summed E-state index contributed by atoms with van der Waals surface area (Å²) in [6, 6.07) is 10.0. The average molecular weight is 540 g/mol. The minimum atomic E-state index is -0.243. The highest BCUT2D eigenvalue weighted by Crippen LogP contribution is 2.29. The number of imidazole rings is 1. The van der Waals surface area contributed by atoms with E-state index in [1.165, 1.54) is 6.42 Å². The Kier molecular flexibility index (Phi) is 8.02. The molecule has 0 radical (unpaired) electrons. The third-order valence-corrected chi connectivity index (χ3v) is 7.31. The molecule has 9 nitrogen and oxygen atoms in total. The number of likely N-dealkylation sites (N-methyl/N-ethyl adjacent to an activating group) is 1. The number of hydrogen-bond acceptors (Lipinski definition) is 6. The van der Waals surface area contributed by atoms with Crippen LogP contribution in [0.5, 0.6) is 5.75 Å². The largest absolute Gasteiger partial charge is 0.492 e. The summed E-state index contributed by atoms with van der Waals surface area (Å²) in [5.74, 6) is 0.507. The lowest BCUT2D eigenvalue weighted by Crippen LogP contribution is -2.30. The van der Waals surface area contributed by atoms with E-state index in [1.54, 1.807) is 10.6 Å². The predicted octanol–water partition coefficient (Wildman–Crippen LogP) is 4.95. The monoisotopic (exact) mass is 539 g/mol. The van der Waals surface area contributed by atoms with Crippen LogP contribution in [0.2, 0.25) is 0 Å². The molecule has 5 rings (SSSR count). The van der Waals surface area contributed by atoms with E-state index in [-0.39, 0.29) is 5.91 Å². The summed E-state index contributed by atoms with van der Waals surface area (Å²) in [5.41, 5.74) is 11.0. The van der Waals surface area contributed by atoms with Crippen molar-refractivity contribution in [1.29, 1.82) is 0 Å². The highest BCUT2D eigenvalue weighted by Gasteiger charge is 2.22. The number of anilines is 1. The second-order valence-electron chi connectivity index (χ2n) is 10.4. The number of nitrogens with zero attached hydrogens (tertiary/aromatic N) is 5. The summed E-state index contributed by atoms with van der Waals surface area (Å²) >= 11 is 0. The van der Waals surface area contributed by atoms with Gasteiger partial charge in [0.05, 0.1) is 29.6 Å². The van der Waals surface area contributed by atoms with E-state index < -0.39 is 0 Å². The lowest BCUT2D eigenvalue weighted by atomic mass is 10.1. The Balaban J connectivity index is 1.35. The number of benzene rings is 1. The number of pyridine rings is 1. The fourth-order valence-corrected chi connectivity index (χ4v) is 5.15. The zero-order valence-corrected chi connectivity index (χ0v) is 23.4. The molecule has 4 aromatic rings. The van der Waals surface area contributed by atoms with Crippen LogP contribution in [0.1, 0.15) is 42.9 Å². The summed E-state index contributed by atoms with van der Waals surface area (Å²) in [5, 5.41) is 8.85. The molecule has 9 heteroatoms. The highest BCUT2D eigenvalue weighted by molar-refractivity contribution is 6.08. The molecule has 0 bridgehead atoms. The first-order valence-electron chi connectivity index (χ1n) is 13.7. The van der Waals surface area contributed by atoms with E-state index in [9.17, 15) is 4.79 Å². The Morgan fingerprint density at radius 3 is 2.92 bits per heavy atom. The molecule has 4 heterocycles. The average Bonchev–Trinajstić information content (AvgIpc) is 3.64. The minimum absolute atomic E-state index is 0.243. The molecular weight excluding hydrogens is 502 g/mol. The van der Waals surface area contributed by atoms with Gasteiger partial charge in [0, 0.05) is 29.4 Å². The van der Waals surface area contributed by atoms with Crippen molar-refractivity contribution >= 4 is 28.1 Å². The molecular formula is C31H37N7O2. The van der Waals surface area contributed by atoms with Gasteiger partial charge in [0.15, 0.2) is 0 Å². The van der Waals surface area contributed by atoms with Crippen LogP contribution in [0.3, 0.4) is 0 Å². The first kappa shape index (κ1) is 27.2. The molecule has 208 valence electrons. The number of ether oxygens (including phenoxy) is 1.